The fourth-order valence-electron chi connectivity index (χ4n) is 13.0. The zero-order valence-electron chi connectivity index (χ0n) is 60.6. The Kier molecular flexibility index (Phi) is 39.1. The maximum absolute atomic E-state index is 13.2. The van der Waals surface area contributed by atoms with Crippen molar-refractivity contribution in [2.75, 3.05) is 13.1 Å². The molecule has 0 amide bonds. The van der Waals surface area contributed by atoms with Gasteiger partial charge in [0.15, 0.2) is 0 Å². The Morgan fingerprint density at radius 3 is 0.265 bits per heavy atom. The lowest BCUT2D eigenvalue weighted by Crippen LogP contribution is -2.78. The fourth-order valence-corrected chi connectivity index (χ4v) is 23.0. The third-order valence-electron chi connectivity index (χ3n) is 15.6. The minimum Gasteiger partial charge on any atom is -0.287 e. The molecule has 0 spiro atoms. The van der Waals surface area contributed by atoms with Crippen molar-refractivity contribution in [3.63, 3.8) is 0 Å². The van der Waals surface area contributed by atoms with Gasteiger partial charge in [0.1, 0.15) is 122 Å². The van der Waals surface area contributed by atoms with Crippen LogP contribution in [0.2, 0.25) is 0 Å². The van der Waals surface area contributed by atoms with Crippen LogP contribution in [0.1, 0.15) is 25.7 Å². The molecule has 24 atom stereocenters. The van der Waals surface area contributed by atoms with Crippen molar-refractivity contribution in [2.24, 2.45) is 0 Å². The van der Waals surface area contributed by atoms with Gasteiger partial charge in [-0.1, -0.05) is 12.8 Å². The average Bonchev–Trinajstić information content (AvgIpc) is 0.720. The zero-order valence-corrected chi connectivity index (χ0v) is 76.9. The first-order valence-corrected chi connectivity index (χ1v) is 57.8. The van der Waals surface area contributed by atoms with E-state index in [2.05, 4.69) is 83.7 Å². The maximum Gasteiger partial charge on any atom is 0.397 e. The van der Waals surface area contributed by atoms with Gasteiger partial charge in [-0.05, 0) is 25.9 Å². The van der Waals surface area contributed by atoms with Crippen LogP contribution >= 0.6 is 0 Å². The van der Waals surface area contributed by atoms with E-state index in [4.69, 9.17) is 0 Å². The Morgan fingerprint density at radius 1 is 0.121 bits per heavy atom. The molecule has 4 fully saturated rings. The van der Waals surface area contributed by atoms with Gasteiger partial charge < -0.3 is 0 Å². The second-order valence-electron chi connectivity index (χ2n) is 24.6. The first-order valence-electron chi connectivity index (χ1n) is 30.5. The summed E-state index contributed by atoms with van der Waals surface area (Å²) in [5.74, 6) is 0. The van der Waals surface area contributed by atoms with E-state index in [0.29, 0.717) is 0 Å². The molecule has 0 aromatic rings. The average molecular weight is 2370 g/mol. The highest BCUT2D eigenvalue weighted by Crippen LogP contribution is 2.48. The monoisotopic (exact) mass is 2360 g/mol. The summed E-state index contributed by atoms with van der Waals surface area (Å²) in [5.41, 5.74) is 0. The minimum atomic E-state index is -7.34. The van der Waals surface area contributed by atoms with Gasteiger partial charge in [0, 0.05) is 0 Å². The molecular weight excluding hydrogens is 2310 g/mol. The SMILES string of the molecule is O=S(=O)(O)OC1[C@@H](OS(=O)(=O)O)[C@H](OS(=O)(=O)O)C(N(CCCCCCN(C2[C@@H](OS(=O)(=O)O)[C@H](OS(=O)(=O)O)C(OS(=O)(=O)O)[C@@H](OS(=O)(=O)O)[C@H]2OS(=O)(=O)O)C2[C@@H](OS(=O)(=O)O)[C@H](OS(=O)(=O)O)C(OS(=O)(=O)O)[C@@H](OS(=O)(=O)O)[C@H]2OS(=O)(=O)O)C2[C@@H](OS(=O)(=O)O)[C@H](OS(=O)(=O)O)C(OS(=O)(=O)O)[C@@H](OS(=O)(=O)O)[C@H]2OS(=O)(=O)O)[C@H](OS(=O)(=O)O)[C@@H]1OS(=O)(=O)O. The third-order valence-corrected chi connectivity index (χ3v) is 25.0. The van der Waals surface area contributed by atoms with Gasteiger partial charge in [-0.25, -0.2) is 83.7 Å². The van der Waals surface area contributed by atoms with E-state index >= 15 is 0 Å². The van der Waals surface area contributed by atoms with Crippen LogP contribution in [0.4, 0.5) is 0 Å². The lowest BCUT2D eigenvalue weighted by atomic mass is 9.77. The van der Waals surface area contributed by atoms with Crippen molar-refractivity contribution < 1.29 is 343 Å². The van der Waals surface area contributed by atoms with Crippen LogP contribution in [0.3, 0.4) is 0 Å². The van der Waals surface area contributed by atoms with Crippen molar-refractivity contribution in [3.8, 4) is 0 Å². The van der Waals surface area contributed by atoms with Crippen molar-refractivity contribution in [1.29, 1.82) is 0 Å². The maximum atomic E-state index is 13.2. The van der Waals surface area contributed by atoms with Crippen molar-refractivity contribution in [3.05, 3.63) is 0 Å². The van der Waals surface area contributed by atoms with Crippen molar-refractivity contribution in [2.45, 2.75) is 172 Å². The summed E-state index contributed by atoms with van der Waals surface area (Å²) in [4.78, 5) is -2.20. The molecule has 0 aromatic heterocycles. The lowest BCUT2D eigenvalue weighted by molar-refractivity contribution is -0.218. The molecule has 4 aliphatic carbocycles. The molecule has 786 valence electrons. The Balaban J connectivity index is 2.64. The van der Waals surface area contributed by atoms with Crippen molar-refractivity contribution in [1.82, 2.24) is 9.80 Å². The number of hydrogen-bond acceptors (Lipinski definition) is 62. The van der Waals surface area contributed by atoms with Gasteiger partial charge in [-0.3, -0.25) is 101 Å². The van der Waals surface area contributed by atoms with Crippen LogP contribution in [0.15, 0.2) is 0 Å². The Bertz CT molecular complexity index is 5540. The molecule has 0 bridgehead atoms. The molecule has 0 aromatic carbocycles. The van der Waals surface area contributed by atoms with Crippen LogP contribution in [0.25, 0.3) is 0 Å². The summed E-state index contributed by atoms with van der Waals surface area (Å²) in [7, 11) is -144. The van der Waals surface area contributed by atoms with Gasteiger partial charge in [0.2, 0.25) is 0 Å². The van der Waals surface area contributed by atoms with E-state index < -0.39 is 403 Å². The van der Waals surface area contributed by atoms with E-state index in [-0.39, 0.29) is 0 Å². The Hall–Kier alpha value is -2.68. The van der Waals surface area contributed by atoms with E-state index in [1.165, 1.54) is 0 Å². The summed E-state index contributed by atoms with van der Waals surface area (Å²) in [5, 5.41) is 0. The highest BCUT2D eigenvalue weighted by atomic mass is 32.3. The summed E-state index contributed by atoms with van der Waals surface area (Å²) < 4.78 is 803. The second-order valence-corrected chi connectivity index (χ2v) is 45.6. The molecule has 0 radical (unpaired) electrons. The van der Waals surface area contributed by atoms with Gasteiger partial charge in [0.25, 0.3) is 0 Å². The van der Waals surface area contributed by atoms with Gasteiger partial charge in [-0.15, -0.1) is 0 Å². The van der Waals surface area contributed by atoms with E-state index in [1.54, 1.807) is 0 Å². The van der Waals surface area contributed by atoms with Crippen LogP contribution < -0.4 is 0 Å². The predicted octanol–water partition coefficient (Wildman–Crippen LogP) is -15.6. The van der Waals surface area contributed by atoms with Crippen molar-refractivity contribution >= 4 is 208 Å². The summed E-state index contributed by atoms with van der Waals surface area (Å²) in [6, 6.07) is -18.5. The highest BCUT2D eigenvalue weighted by molar-refractivity contribution is 7.85. The molecule has 8 unspecified atom stereocenters. The molecule has 20 N–H and O–H groups in total. The predicted molar refractivity (Wildman–Crippen MR) is 375 cm³/mol. The van der Waals surface area contributed by atoms with Gasteiger partial charge in [-0.2, -0.15) is 168 Å². The fraction of sp³-hybridized carbons (Fsp3) is 1.00. The number of nitrogens with zero attached hydrogens (tertiary/aromatic N) is 2. The first kappa shape index (κ1) is 122. The molecule has 4 saturated carbocycles. The molecule has 102 heteroatoms. The Labute approximate surface area is 740 Å². The molecule has 0 heterocycles. The van der Waals surface area contributed by atoms with Gasteiger partial charge in [0.05, 0.1) is 24.2 Å². The topological polar surface area (TPSA) is 1280 Å². The number of unbranched alkanes of at least 4 members (excludes halogenated alkanes) is 3. The third kappa shape index (κ3) is 42.6. The molecule has 4 aliphatic rings. The zero-order chi connectivity index (χ0) is 103. The van der Waals surface area contributed by atoms with Crippen LogP contribution in [-0.4, -0.2) is 429 Å². The molecule has 4 rings (SSSR count). The molecule has 82 nitrogen and oxygen atoms in total. The van der Waals surface area contributed by atoms with E-state index in [0.717, 1.165) is 0 Å². The number of hydrogen-bond donors (Lipinski definition) is 20. The molecule has 0 saturated heterocycles. The number of rotatable bonds is 51. The summed E-state index contributed by atoms with van der Waals surface area (Å²) in [6.07, 6.45) is -99.6. The second kappa shape index (κ2) is 42.5. The molecular formula is C30H56N2O80S20. The summed E-state index contributed by atoms with van der Waals surface area (Å²) in [6.45, 7) is -5.39. The quantitative estimate of drug-likeness (QED) is 0.0199. The lowest BCUT2D eigenvalue weighted by Gasteiger charge is -2.56. The molecule has 0 aliphatic heterocycles. The van der Waals surface area contributed by atoms with Crippen LogP contribution in [0, 0.1) is 0 Å². The van der Waals surface area contributed by atoms with E-state index in [9.17, 15) is 259 Å². The smallest absolute Gasteiger partial charge is 0.287 e. The van der Waals surface area contributed by atoms with Crippen LogP contribution in [0.5, 0.6) is 0 Å². The first-order chi connectivity index (χ1) is 57.9. The largest absolute Gasteiger partial charge is 0.397 e. The minimum absolute atomic E-state index is 1.10. The summed E-state index contributed by atoms with van der Waals surface area (Å²) >= 11 is 0. The van der Waals surface area contributed by atoms with E-state index in [1.807, 2.05) is 0 Å². The normalized spacial score (nSPS) is 30.7. The standard InChI is InChI=1S/C30H56N2O80S20/c33-113(34,35)93-11-7(12(94-114(36,37)38)20(102-122(60,61)62)27(109-129(81,82)83)19(11)101-121(57,58)59)31(8-13(95-115(39,40)41)21(103-123(63,64)65)28(110-130(84,85)86)22(104-124(66,67)68)14(8)96-116(42,43)44)5-3-1-2-4-6-32(9-15(97-117(45,46)47)23(105-125(69,70)71)29(111-131(87,88)89)24(106-126(72,73)74)16(9)98-118(48,49)50)10-17(99-119(51,52)53)25(107-127(75,76)77)30(112-132(90,91)92)26(108-128(78,79)80)18(10)100-120(54,55)56/h7-30H,1-6H2,(H,33,34,35)(H,36,37,38)(H,39,40,41)(H,42,43,44)(H,45,46,47)(H,48,49,50)(H,51,52,53)(H,54,55,56)(H,57,58,59)(H,60,61,62)(H,63,64,65)(H,66,67,68)(H,69,70,71)(H,72,73,74)(H,75,76,77)(H,78,79,80)(H,81,82,83)(H,84,85,86)(H,87,88,89)(H,90,91,92)/t7?,8?,9?,10?,11-,12+,13-,14+,15-,16+,17-,18+,19-,20-,21-,22-,23-,24-,25-,26-,27?,28?,29?,30?/m0/s1. The highest BCUT2D eigenvalue weighted by Gasteiger charge is 2.71. The Morgan fingerprint density at radius 2 is 0.189 bits per heavy atom. The molecule has 132 heavy (non-hydrogen) atoms. The van der Waals surface area contributed by atoms with Gasteiger partial charge >= 0.3 is 208 Å². The van der Waals surface area contributed by atoms with Crippen LogP contribution in [-0.2, 0) is 292 Å².